The van der Waals surface area contributed by atoms with Gasteiger partial charge >= 0.3 is 6.01 Å². The van der Waals surface area contributed by atoms with Gasteiger partial charge in [-0.1, -0.05) is 6.58 Å². The van der Waals surface area contributed by atoms with E-state index in [1.165, 1.54) is 4.90 Å². The maximum atomic E-state index is 14.8. The zero-order chi connectivity index (χ0) is 30.8. The van der Waals surface area contributed by atoms with Crippen molar-refractivity contribution >= 4 is 17.4 Å². The Morgan fingerprint density at radius 3 is 2.57 bits per heavy atom. The van der Waals surface area contributed by atoms with Gasteiger partial charge in [0, 0.05) is 43.5 Å². The molecule has 2 aromatic rings. The maximum absolute atomic E-state index is 14.8. The number of piperazine rings is 1. The molecule has 1 amide bonds. The first-order chi connectivity index (χ1) is 21.3. The molecule has 0 bridgehead atoms. The molecular formula is C33H41F2N7O2. The second kappa shape index (κ2) is 13.1. The van der Waals surface area contributed by atoms with E-state index in [2.05, 4.69) is 34.4 Å². The Kier molecular flexibility index (Phi) is 8.98. The van der Waals surface area contributed by atoms with Crippen LogP contribution >= 0.6 is 0 Å². The average Bonchev–Trinajstić information content (AvgIpc) is 3.32. The topological polar surface area (TPSA) is 88.8 Å². The molecule has 2 fully saturated rings. The van der Waals surface area contributed by atoms with Crippen LogP contribution in [0.5, 0.6) is 6.01 Å². The second-order valence-electron chi connectivity index (χ2n) is 12.5. The largest absolute Gasteiger partial charge is 0.462 e. The van der Waals surface area contributed by atoms with Crippen molar-refractivity contribution in [2.75, 3.05) is 56.2 Å². The number of amides is 1. The molecule has 1 aromatic heterocycles. The summed E-state index contributed by atoms with van der Waals surface area (Å²) in [6, 6.07) is 5.79. The first-order valence-corrected chi connectivity index (χ1v) is 15.9. The predicted octanol–water partition coefficient (Wildman–Crippen LogP) is 4.33. The van der Waals surface area contributed by atoms with E-state index < -0.39 is 17.8 Å². The number of benzene rings is 1. The first kappa shape index (κ1) is 30.3. The zero-order valence-corrected chi connectivity index (χ0v) is 25.5. The molecule has 2 atom stereocenters. The van der Waals surface area contributed by atoms with Gasteiger partial charge in [-0.25, -0.2) is 8.78 Å². The Bertz CT molecular complexity index is 1460. The highest BCUT2D eigenvalue weighted by atomic mass is 19.1. The molecule has 1 aromatic carbocycles. The molecule has 1 aliphatic carbocycles. The van der Waals surface area contributed by atoms with Crippen molar-refractivity contribution in [3.63, 3.8) is 0 Å². The van der Waals surface area contributed by atoms with Gasteiger partial charge in [0.1, 0.15) is 18.2 Å². The van der Waals surface area contributed by atoms with Crippen molar-refractivity contribution in [3.05, 3.63) is 52.7 Å². The summed E-state index contributed by atoms with van der Waals surface area (Å²) in [5.74, 6) is -1.15. The highest BCUT2D eigenvalue weighted by molar-refractivity contribution is 5.91. The van der Waals surface area contributed by atoms with Crippen LogP contribution in [0.4, 0.5) is 20.3 Å². The Balaban J connectivity index is 1.34. The summed E-state index contributed by atoms with van der Waals surface area (Å²) in [4.78, 5) is 30.6. The lowest BCUT2D eigenvalue weighted by Crippen LogP contribution is -2.55. The quantitative estimate of drug-likeness (QED) is 0.431. The molecular weight excluding hydrogens is 564 g/mol. The number of hydrogen-bond acceptors (Lipinski definition) is 8. The standard InChI is InChI=1S/C33H41F2N7O2/c1-22(34)32(43)42-18-17-41(19-23(42)13-14-36)31-27-10-6-16-40(30-12-11-28(35)25-8-3-4-9-26(25)30)20-29(27)37-33(38-31)44-21-24-7-5-15-39(24)2/h11-12,23-24H,1,3-10,13,15-21H2,2H3/t23-,24-/m0/s1. The van der Waals surface area contributed by atoms with Gasteiger partial charge in [0.25, 0.3) is 5.91 Å². The number of ether oxygens (including phenoxy) is 1. The zero-order valence-electron chi connectivity index (χ0n) is 25.5. The number of anilines is 2. The number of fused-ring (bicyclic) bond motifs is 2. The average molecular weight is 606 g/mol. The molecule has 4 heterocycles. The van der Waals surface area contributed by atoms with Crippen LogP contribution in [0.15, 0.2) is 24.5 Å². The number of carbonyl (C=O) groups excluding carboxylic acids is 1. The summed E-state index contributed by atoms with van der Waals surface area (Å²) in [7, 11) is 2.10. The third-order valence-electron chi connectivity index (χ3n) is 9.72. The van der Waals surface area contributed by atoms with Gasteiger partial charge in [0.15, 0.2) is 5.83 Å². The molecule has 0 radical (unpaired) electrons. The molecule has 11 heteroatoms. The van der Waals surface area contributed by atoms with Crippen molar-refractivity contribution < 1.29 is 18.3 Å². The van der Waals surface area contributed by atoms with Crippen LogP contribution in [-0.2, 0) is 30.6 Å². The fourth-order valence-corrected chi connectivity index (χ4v) is 7.33. The number of hydrogen-bond donors (Lipinski definition) is 0. The van der Waals surface area contributed by atoms with Gasteiger partial charge < -0.3 is 24.3 Å². The highest BCUT2D eigenvalue weighted by Crippen LogP contribution is 2.36. The van der Waals surface area contributed by atoms with E-state index in [-0.39, 0.29) is 18.8 Å². The Labute approximate surface area is 258 Å². The van der Waals surface area contributed by atoms with E-state index in [0.717, 1.165) is 98.3 Å². The minimum atomic E-state index is -1.02. The molecule has 3 aliphatic heterocycles. The summed E-state index contributed by atoms with van der Waals surface area (Å²) < 4.78 is 34.9. The molecule has 0 saturated carbocycles. The predicted molar refractivity (Wildman–Crippen MR) is 164 cm³/mol. The van der Waals surface area contributed by atoms with Crippen molar-refractivity contribution in [2.45, 2.75) is 76.4 Å². The van der Waals surface area contributed by atoms with Crippen LogP contribution in [0.3, 0.4) is 0 Å². The van der Waals surface area contributed by atoms with Gasteiger partial charge in [0.05, 0.1) is 30.8 Å². The van der Waals surface area contributed by atoms with E-state index >= 15 is 0 Å². The van der Waals surface area contributed by atoms with Gasteiger partial charge in [0.2, 0.25) is 0 Å². The van der Waals surface area contributed by atoms with Crippen molar-refractivity contribution in [3.8, 4) is 12.1 Å². The van der Waals surface area contributed by atoms with Crippen LogP contribution in [0.1, 0.15) is 60.9 Å². The molecule has 6 rings (SSSR count). The first-order valence-electron chi connectivity index (χ1n) is 15.9. The SMILES string of the molecule is C=C(F)C(=O)N1CCN(c2nc(OC[C@@H]3CCCN3C)nc3c2CCCN(c2ccc(F)c4c2CCCC4)C3)C[C@@H]1CC#N. The molecule has 234 valence electrons. The fourth-order valence-electron chi connectivity index (χ4n) is 7.33. The normalized spacial score (nSPS) is 22.2. The second-order valence-corrected chi connectivity index (χ2v) is 12.5. The summed E-state index contributed by atoms with van der Waals surface area (Å²) >= 11 is 0. The number of nitrogens with zero attached hydrogens (tertiary/aromatic N) is 7. The Morgan fingerprint density at radius 1 is 1.02 bits per heavy atom. The summed E-state index contributed by atoms with van der Waals surface area (Å²) in [6.45, 7) is 7.09. The molecule has 44 heavy (non-hydrogen) atoms. The number of aromatic nitrogens is 2. The number of likely N-dealkylation sites (N-methyl/N-ethyl adjacent to an activating group) is 1. The molecule has 0 spiro atoms. The lowest BCUT2D eigenvalue weighted by molar-refractivity contribution is -0.131. The van der Waals surface area contributed by atoms with Crippen molar-refractivity contribution in [1.82, 2.24) is 19.8 Å². The number of carbonyl (C=O) groups is 1. The number of halogens is 2. The molecule has 9 nitrogen and oxygen atoms in total. The monoisotopic (exact) mass is 605 g/mol. The van der Waals surface area contributed by atoms with Gasteiger partial charge in [-0.3, -0.25) is 4.79 Å². The van der Waals surface area contributed by atoms with E-state index in [1.807, 2.05) is 6.07 Å². The molecule has 0 unspecified atom stereocenters. The minimum absolute atomic E-state index is 0.0730. The van der Waals surface area contributed by atoms with Gasteiger partial charge in [-0.05, 0) is 88.2 Å². The van der Waals surface area contributed by atoms with Crippen LogP contribution in [0, 0.1) is 17.1 Å². The van der Waals surface area contributed by atoms with Crippen LogP contribution in [-0.4, -0.2) is 84.1 Å². The Morgan fingerprint density at radius 2 is 1.82 bits per heavy atom. The van der Waals surface area contributed by atoms with Gasteiger partial charge in [-0.15, -0.1) is 0 Å². The lowest BCUT2D eigenvalue weighted by atomic mass is 9.89. The molecule has 4 aliphatic rings. The summed E-state index contributed by atoms with van der Waals surface area (Å²) in [6.07, 6.45) is 7.59. The fraction of sp³-hybridized carbons (Fsp3) is 0.576. The third-order valence-corrected chi connectivity index (χ3v) is 9.72. The van der Waals surface area contributed by atoms with Crippen LogP contribution in [0.2, 0.25) is 0 Å². The summed E-state index contributed by atoms with van der Waals surface area (Å²) in [5, 5.41) is 9.52. The number of likely N-dealkylation sites (tertiary alicyclic amines) is 1. The van der Waals surface area contributed by atoms with E-state index in [4.69, 9.17) is 14.7 Å². The van der Waals surface area contributed by atoms with E-state index in [1.54, 1.807) is 6.07 Å². The number of rotatable bonds is 7. The Hall–Kier alpha value is -3.78. The van der Waals surface area contributed by atoms with Crippen LogP contribution < -0.4 is 14.5 Å². The molecule has 2 saturated heterocycles. The van der Waals surface area contributed by atoms with Gasteiger partial charge in [-0.2, -0.15) is 15.2 Å². The highest BCUT2D eigenvalue weighted by Gasteiger charge is 2.35. The van der Waals surface area contributed by atoms with Crippen molar-refractivity contribution in [2.24, 2.45) is 0 Å². The van der Waals surface area contributed by atoms with Crippen LogP contribution in [0.25, 0.3) is 0 Å². The van der Waals surface area contributed by atoms with E-state index in [0.29, 0.717) is 38.3 Å². The summed E-state index contributed by atoms with van der Waals surface area (Å²) in [5.41, 5.74) is 4.95. The third kappa shape index (κ3) is 6.09. The smallest absolute Gasteiger partial charge is 0.318 e. The maximum Gasteiger partial charge on any atom is 0.318 e. The minimum Gasteiger partial charge on any atom is -0.462 e. The number of nitriles is 1. The van der Waals surface area contributed by atoms with E-state index in [9.17, 15) is 18.8 Å². The lowest BCUT2D eigenvalue weighted by Gasteiger charge is -2.41. The van der Waals surface area contributed by atoms with Crippen molar-refractivity contribution in [1.29, 1.82) is 5.26 Å². The molecule has 0 N–H and O–H groups in total.